The van der Waals surface area contributed by atoms with Crippen molar-refractivity contribution in [1.82, 2.24) is 10.3 Å². The highest BCUT2D eigenvalue weighted by Crippen LogP contribution is 2.26. The summed E-state index contributed by atoms with van der Waals surface area (Å²) in [5.74, 6) is -0.495. The maximum Gasteiger partial charge on any atom is 0.251 e. The van der Waals surface area contributed by atoms with Crippen LogP contribution in [0.1, 0.15) is 19.4 Å². The molecule has 98 valence electrons. The second kappa shape index (κ2) is 4.52. The van der Waals surface area contributed by atoms with Crippen LogP contribution in [-0.2, 0) is 9.59 Å². The summed E-state index contributed by atoms with van der Waals surface area (Å²) >= 11 is 5.84. The Kier molecular flexibility index (Phi) is 3.16. The number of pyridine rings is 1. The van der Waals surface area contributed by atoms with Gasteiger partial charge in [-0.15, -0.1) is 0 Å². The molecule has 0 spiro atoms. The summed E-state index contributed by atoms with van der Waals surface area (Å²) in [6.07, 6.45) is 0. The first kappa shape index (κ1) is 13.3. The van der Waals surface area contributed by atoms with E-state index >= 15 is 0 Å². The van der Waals surface area contributed by atoms with Crippen LogP contribution in [0.15, 0.2) is 12.1 Å². The molecule has 1 saturated heterocycles. The predicted molar refractivity (Wildman–Crippen MR) is 68.5 cm³/mol. The summed E-state index contributed by atoms with van der Waals surface area (Å²) in [4.78, 5) is 28.9. The minimum atomic E-state index is -0.946. The second-order valence-electron chi connectivity index (χ2n) is 4.67. The first-order valence-corrected chi connectivity index (χ1v) is 5.92. The van der Waals surface area contributed by atoms with Crippen LogP contribution in [0, 0.1) is 11.3 Å². The molecule has 0 aromatic carbocycles. The first-order chi connectivity index (χ1) is 8.84. The molecule has 19 heavy (non-hydrogen) atoms. The van der Waals surface area contributed by atoms with Gasteiger partial charge in [-0.2, -0.15) is 5.26 Å². The van der Waals surface area contributed by atoms with Gasteiger partial charge in [0.05, 0.1) is 18.2 Å². The van der Waals surface area contributed by atoms with Gasteiger partial charge in [-0.05, 0) is 26.0 Å². The molecule has 0 saturated carbocycles. The fraction of sp³-hybridized carbons (Fsp3) is 0.333. The molecule has 7 heteroatoms. The number of rotatable bonds is 1. The van der Waals surface area contributed by atoms with Crippen molar-refractivity contribution in [3.63, 3.8) is 0 Å². The highest BCUT2D eigenvalue weighted by Gasteiger charge is 2.41. The Balaban J connectivity index is 2.50. The third kappa shape index (κ3) is 2.37. The van der Waals surface area contributed by atoms with Gasteiger partial charge < -0.3 is 4.90 Å². The minimum absolute atomic E-state index is 0.0169. The number of imide groups is 1. The molecule has 1 N–H and O–H groups in total. The number of nitrogens with one attached hydrogen (secondary N) is 1. The third-order valence-corrected chi connectivity index (χ3v) is 3.16. The summed E-state index contributed by atoms with van der Waals surface area (Å²) in [6, 6.07) is 4.88. The van der Waals surface area contributed by atoms with Gasteiger partial charge >= 0.3 is 0 Å². The number of anilines is 1. The van der Waals surface area contributed by atoms with Crippen molar-refractivity contribution >= 4 is 29.2 Å². The fourth-order valence-corrected chi connectivity index (χ4v) is 2.04. The number of hydrogen-bond donors (Lipinski definition) is 1. The van der Waals surface area contributed by atoms with Gasteiger partial charge in [-0.1, -0.05) is 11.6 Å². The summed E-state index contributed by atoms with van der Waals surface area (Å²) in [6.45, 7) is 3.32. The summed E-state index contributed by atoms with van der Waals surface area (Å²) in [5.41, 5.74) is -0.623. The highest BCUT2D eigenvalue weighted by molar-refractivity contribution is 6.29. The van der Waals surface area contributed by atoms with Gasteiger partial charge in [0.25, 0.3) is 5.91 Å². The fourth-order valence-electron chi connectivity index (χ4n) is 1.84. The van der Waals surface area contributed by atoms with E-state index in [0.29, 0.717) is 11.4 Å². The van der Waals surface area contributed by atoms with Gasteiger partial charge in [0.1, 0.15) is 16.5 Å². The predicted octanol–water partition coefficient (Wildman–Crippen LogP) is 0.848. The number of carbonyl (C=O) groups excluding carboxylic acids is 2. The quantitative estimate of drug-likeness (QED) is 0.608. The van der Waals surface area contributed by atoms with E-state index in [1.807, 2.05) is 6.07 Å². The Morgan fingerprint density at radius 2 is 2.16 bits per heavy atom. The molecule has 0 bridgehead atoms. The van der Waals surface area contributed by atoms with Crippen molar-refractivity contribution < 1.29 is 9.59 Å². The SMILES string of the molecule is CC1(C)C(=O)NC(=O)CN1c1cc(C#N)cc(Cl)n1. The molecule has 0 unspecified atom stereocenters. The van der Waals surface area contributed by atoms with Crippen molar-refractivity contribution in [3.8, 4) is 6.07 Å². The molecule has 6 nitrogen and oxygen atoms in total. The molecule has 1 fully saturated rings. The molecular formula is C12H11ClN4O2. The lowest BCUT2D eigenvalue weighted by Gasteiger charge is -2.40. The van der Waals surface area contributed by atoms with Gasteiger partial charge in [0, 0.05) is 0 Å². The van der Waals surface area contributed by atoms with E-state index in [0.717, 1.165) is 0 Å². The number of amides is 2. The smallest absolute Gasteiger partial charge is 0.251 e. The Hall–Kier alpha value is -2.13. The van der Waals surface area contributed by atoms with E-state index in [1.54, 1.807) is 13.8 Å². The van der Waals surface area contributed by atoms with Crippen LogP contribution in [0.4, 0.5) is 5.82 Å². The van der Waals surface area contributed by atoms with Crippen LogP contribution in [0.3, 0.4) is 0 Å². The van der Waals surface area contributed by atoms with E-state index in [-0.39, 0.29) is 11.7 Å². The van der Waals surface area contributed by atoms with Crippen molar-refractivity contribution in [2.45, 2.75) is 19.4 Å². The van der Waals surface area contributed by atoms with Crippen molar-refractivity contribution in [2.24, 2.45) is 0 Å². The molecule has 0 aliphatic carbocycles. The summed E-state index contributed by atoms with van der Waals surface area (Å²) < 4.78 is 0. The van der Waals surface area contributed by atoms with Crippen molar-refractivity contribution in [2.75, 3.05) is 11.4 Å². The molecule has 2 amide bonds. The maximum absolute atomic E-state index is 11.8. The number of nitrogens with zero attached hydrogens (tertiary/aromatic N) is 3. The molecule has 0 radical (unpaired) electrons. The molecule has 1 aliphatic rings. The largest absolute Gasteiger partial charge is 0.333 e. The number of piperazine rings is 1. The Bertz CT molecular complexity index is 606. The molecule has 0 atom stereocenters. The minimum Gasteiger partial charge on any atom is -0.333 e. The number of hydrogen-bond acceptors (Lipinski definition) is 5. The zero-order chi connectivity index (χ0) is 14.2. The van der Waals surface area contributed by atoms with Gasteiger partial charge in [0.15, 0.2) is 0 Å². The molecule has 1 aromatic heterocycles. The van der Waals surface area contributed by atoms with Crippen LogP contribution >= 0.6 is 11.6 Å². The summed E-state index contributed by atoms with van der Waals surface area (Å²) in [7, 11) is 0. The number of carbonyl (C=O) groups is 2. The molecular weight excluding hydrogens is 268 g/mol. The Morgan fingerprint density at radius 1 is 1.47 bits per heavy atom. The lowest BCUT2D eigenvalue weighted by Crippen LogP contribution is -2.64. The second-order valence-corrected chi connectivity index (χ2v) is 5.06. The molecule has 2 rings (SSSR count). The van der Waals surface area contributed by atoms with E-state index in [2.05, 4.69) is 10.3 Å². The number of halogens is 1. The zero-order valence-electron chi connectivity index (χ0n) is 10.4. The lowest BCUT2D eigenvalue weighted by atomic mass is 9.98. The van der Waals surface area contributed by atoms with E-state index in [4.69, 9.17) is 16.9 Å². The Labute approximate surface area is 115 Å². The average molecular weight is 279 g/mol. The standard InChI is InChI=1S/C12H11ClN4O2/c1-12(2)11(19)16-10(18)6-17(12)9-4-7(5-14)3-8(13)15-9/h3-4H,6H2,1-2H3,(H,16,18,19). The normalized spacial score (nSPS) is 17.9. The molecule has 1 aromatic rings. The third-order valence-electron chi connectivity index (χ3n) is 2.97. The molecule has 1 aliphatic heterocycles. The number of nitriles is 1. The topological polar surface area (TPSA) is 86.1 Å². The van der Waals surface area contributed by atoms with Crippen LogP contribution < -0.4 is 10.2 Å². The summed E-state index contributed by atoms with van der Waals surface area (Å²) in [5, 5.41) is 11.3. The van der Waals surface area contributed by atoms with Gasteiger partial charge in [-0.3, -0.25) is 14.9 Å². The van der Waals surface area contributed by atoms with Crippen LogP contribution in [0.5, 0.6) is 0 Å². The molecule has 2 heterocycles. The van der Waals surface area contributed by atoms with Gasteiger partial charge in [-0.25, -0.2) is 4.98 Å². The monoisotopic (exact) mass is 278 g/mol. The first-order valence-electron chi connectivity index (χ1n) is 5.54. The zero-order valence-corrected chi connectivity index (χ0v) is 11.2. The van der Waals surface area contributed by atoms with E-state index in [1.165, 1.54) is 17.0 Å². The van der Waals surface area contributed by atoms with E-state index < -0.39 is 17.4 Å². The van der Waals surface area contributed by atoms with Crippen molar-refractivity contribution in [3.05, 3.63) is 22.8 Å². The maximum atomic E-state index is 11.8. The average Bonchev–Trinajstić information content (AvgIpc) is 2.33. The van der Waals surface area contributed by atoms with Crippen LogP contribution in [0.2, 0.25) is 5.15 Å². The van der Waals surface area contributed by atoms with E-state index in [9.17, 15) is 9.59 Å². The lowest BCUT2D eigenvalue weighted by molar-refractivity contribution is -0.135. The van der Waals surface area contributed by atoms with Crippen molar-refractivity contribution in [1.29, 1.82) is 5.26 Å². The van der Waals surface area contributed by atoms with Crippen LogP contribution in [0.25, 0.3) is 0 Å². The van der Waals surface area contributed by atoms with Gasteiger partial charge in [0.2, 0.25) is 5.91 Å². The highest BCUT2D eigenvalue weighted by atomic mass is 35.5. The number of aromatic nitrogens is 1. The Morgan fingerprint density at radius 3 is 2.79 bits per heavy atom. The van der Waals surface area contributed by atoms with Crippen LogP contribution in [-0.4, -0.2) is 28.9 Å².